The Bertz CT molecular complexity index is 575. The average Bonchev–Trinajstić information content (AvgIpc) is 2.49. The first-order chi connectivity index (χ1) is 10.7. The zero-order chi connectivity index (χ0) is 17.2. The molecule has 1 aromatic carbocycles. The van der Waals surface area contributed by atoms with Gasteiger partial charge in [0.2, 0.25) is 0 Å². The highest BCUT2D eigenvalue weighted by Gasteiger charge is 2.27. The Kier molecular flexibility index (Phi) is 4.68. The molecule has 0 saturated heterocycles. The van der Waals surface area contributed by atoms with Gasteiger partial charge in [0.25, 0.3) is 5.69 Å². The first-order valence-electron chi connectivity index (χ1n) is 8.48. The first-order valence-corrected chi connectivity index (χ1v) is 8.27. The lowest BCUT2D eigenvalue weighted by molar-refractivity contribution is -0.384. The van der Waals surface area contributed by atoms with Crippen LogP contribution in [0.3, 0.4) is 0 Å². The zero-order valence-electron chi connectivity index (χ0n) is 14.5. The minimum atomic E-state index is -1.64. The van der Waals surface area contributed by atoms with Gasteiger partial charge in [-0.1, -0.05) is 49.0 Å². The maximum Gasteiger partial charge on any atom is 0.293 e. The molecule has 0 atom stereocenters. The lowest BCUT2D eigenvalue weighted by Gasteiger charge is -2.37. The number of nitro groups is 1. The fourth-order valence-corrected chi connectivity index (χ4v) is 3.18. The summed E-state index contributed by atoms with van der Waals surface area (Å²) in [6.07, 6.45) is 4.98. The molecule has 4 nitrogen and oxygen atoms in total. The molecule has 0 radical (unpaired) electrons. The van der Waals surface area contributed by atoms with E-state index in [0.29, 0.717) is 10.2 Å². The third kappa shape index (κ3) is 4.19. The molecule has 1 fully saturated rings. The van der Waals surface area contributed by atoms with Crippen LogP contribution in [0.5, 0.6) is 0 Å². The van der Waals surface area contributed by atoms with Crippen molar-refractivity contribution in [1.29, 1.82) is 0 Å². The number of rotatable bonds is 5. The lowest BCUT2D eigenvalue weighted by atomic mass is 9.93. The van der Waals surface area contributed by atoms with Crippen molar-refractivity contribution in [1.82, 2.24) is 0 Å². The molecule has 0 amide bonds. The second kappa shape index (κ2) is 7.25. The van der Waals surface area contributed by atoms with Crippen molar-refractivity contribution in [3.05, 3.63) is 32.8 Å². The van der Waals surface area contributed by atoms with Crippen molar-refractivity contribution in [2.45, 2.75) is 52.0 Å². The first kappa shape index (κ1) is 13.6. The molecule has 21 heavy (non-hydrogen) atoms. The molecule has 1 aliphatic rings. The molecule has 0 spiro atoms. The Morgan fingerprint density at radius 1 is 1.43 bits per heavy atom. The largest absolute Gasteiger partial charge is 0.363 e. The minimum absolute atomic E-state index is 0.000950. The van der Waals surface area contributed by atoms with Crippen LogP contribution in [0.15, 0.2) is 22.7 Å². The normalized spacial score (nSPS) is 18.3. The van der Waals surface area contributed by atoms with E-state index in [0.717, 1.165) is 32.1 Å². The van der Waals surface area contributed by atoms with E-state index < -0.39 is 11.4 Å². The van der Waals surface area contributed by atoms with Gasteiger partial charge in [-0.15, -0.1) is 0 Å². The summed E-state index contributed by atoms with van der Waals surface area (Å²) in [6, 6.07) is 4.87. The smallest absolute Gasteiger partial charge is 0.293 e. The van der Waals surface area contributed by atoms with E-state index in [9.17, 15) is 10.1 Å². The molecule has 116 valence electrons. The van der Waals surface area contributed by atoms with Gasteiger partial charge in [0.05, 0.1) is 4.92 Å². The van der Waals surface area contributed by atoms with Crippen LogP contribution in [0.4, 0.5) is 11.4 Å². The van der Waals surface area contributed by atoms with Crippen molar-refractivity contribution < 1.29 is 7.66 Å². The Morgan fingerprint density at radius 3 is 2.67 bits per heavy atom. The Morgan fingerprint density at radius 2 is 2.10 bits per heavy atom. The number of hydrogen-bond acceptors (Lipinski definition) is 3. The standard InChI is InChI=1S/C16H23BrN2O2/c1-12(2)11-18(14-6-4-3-5-7-14)15-9-8-13(17)10-16(15)19(20)21/h8-10,12,14H,3-7,11H2,1-2H3/i11D2. The summed E-state index contributed by atoms with van der Waals surface area (Å²) in [5.41, 5.74) is 0.332. The number of benzene rings is 1. The number of anilines is 1. The molecular formula is C16H23BrN2O2. The predicted octanol–water partition coefficient (Wildman–Crippen LogP) is 5.15. The van der Waals surface area contributed by atoms with Gasteiger partial charge in [-0.25, -0.2) is 0 Å². The molecule has 0 heterocycles. The van der Waals surface area contributed by atoms with E-state index in [4.69, 9.17) is 2.74 Å². The molecular weight excluding hydrogens is 332 g/mol. The van der Waals surface area contributed by atoms with Gasteiger partial charge in [-0.05, 0) is 30.9 Å². The van der Waals surface area contributed by atoms with Crippen molar-refractivity contribution in [3.8, 4) is 0 Å². The fraction of sp³-hybridized carbons (Fsp3) is 0.625. The van der Waals surface area contributed by atoms with E-state index in [1.165, 1.54) is 6.07 Å². The summed E-state index contributed by atoms with van der Waals surface area (Å²) in [6.45, 7) is 2.00. The van der Waals surface area contributed by atoms with Gasteiger partial charge in [0, 0.05) is 25.8 Å². The van der Waals surface area contributed by atoms with Gasteiger partial charge in [0.15, 0.2) is 0 Å². The van der Waals surface area contributed by atoms with Gasteiger partial charge in [-0.3, -0.25) is 10.1 Å². The molecule has 0 aliphatic heterocycles. The number of hydrogen-bond donors (Lipinski definition) is 0. The molecule has 1 aliphatic carbocycles. The SMILES string of the molecule is [2H]C([2H])(C(C)C)N(c1ccc(Br)cc1[N+](=O)[O-])C1CCCCC1. The Balaban J connectivity index is 2.55. The van der Waals surface area contributed by atoms with Crippen LogP contribution in [0, 0.1) is 16.0 Å². The van der Waals surface area contributed by atoms with E-state index in [-0.39, 0.29) is 17.6 Å². The second-order valence-electron chi connectivity index (χ2n) is 5.84. The van der Waals surface area contributed by atoms with Crippen LogP contribution in [0.1, 0.15) is 48.7 Å². The summed E-state index contributed by atoms with van der Waals surface area (Å²) in [5.74, 6) is -0.271. The van der Waals surface area contributed by atoms with Gasteiger partial charge >= 0.3 is 0 Å². The second-order valence-corrected chi connectivity index (χ2v) is 6.75. The molecule has 1 aromatic rings. The third-order valence-corrected chi connectivity index (χ3v) is 4.22. The molecule has 0 N–H and O–H groups in total. The minimum Gasteiger partial charge on any atom is -0.363 e. The monoisotopic (exact) mass is 356 g/mol. The number of nitro benzene ring substituents is 1. The fourth-order valence-electron chi connectivity index (χ4n) is 2.84. The molecule has 0 bridgehead atoms. The van der Waals surface area contributed by atoms with Crippen LogP contribution >= 0.6 is 15.9 Å². The van der Waals surface area contributed by atoms with E-state index in [1.807, 2.05) is 13.8 Å². The van der Waals surface area contributed by atoms with Gasteiger partial charge < -0.3 is 4.90 Å². The van der Waals surface area contributed by atoms with E-state index >= 15 is 0 Å². The lowest BCUT2D eigenvalue weighted by Crippen LogP contribution is -2.39. The zero-order valence-corrected chi connectivity index (χ0v) is 14.1. The molecule has 1 saturated carbocycles. The number of nitrogens with zero attached hydrogens (tertiary/aromatic N) is 2. The molecule has 5 heteroatoms. The van der Waals surface area contributed by atoms with Crippen molar-refractivity contribution in [3.63, 3.8) is 0 Å². The van der Waals surface area contributed by atoms with Crippen LogP contribution in [-0.2, 0) is 0 Å². The van der Waals surface area contributed by atoms with E-state index in [2.05, 4.69) is 15.9 Å². The summed E-state index contributed by atoms with van der Waals surface area (Å²) in [4.78, 5) is 12.7. The molecule has 2 rings (SSSR count). The molecule has 0 unspecified atom stereocenters. The highest BCUT2D eigenvalue weighted by atomic mass is 79.9. The Hall–Kier alpha value is -1.10. The highest BCUT2D eigenvalue weighted by molar-refractivity contribution is 9.10. The van der Waals surface area contributed by atoms with Gasteiger partial charge in [-0.2, -0.15) is 0 Å². The van der Waals surface area contributed by atoms with Crippen LogP contribution in [0.25, 0.3) is 0 Å². The summed E-state index contributed by atoms with van der Waals surface area (Å²) in [7, 11) is 0. The molecule has 0 aromatic heterocycles. The topological polar surface area (TPSA) is 46.4 Å². The quantitative estimate of drug-likeness (QED) is 0.541. The summed E-state index contributed by atoms with van der Waals surface area (Å²) < 4.78 is 17.7. The van der Waals surface area contributed by atoms with Crippen LogP contribution < -0.4 is 4.90 Å². The number of halogens is 1. The van der Waals surface area contributed by atoms with Crippen LogP contribution in [-0.4, -0.2) is 17.5 Å². The highest BCUT2D eigenvalue weighted by Crippen LogP contribution is 2.36. The summed E-state index contributed by atoms with van der Waals surface area (Å²) >= 11 is 3.27. The van der Waals surface area contributed by atoms with Crippen molar-refractivity contribution in [2.75, 3.05) is 11.4 Å². The van der Waals surface area contributed by atoms with Gasteiger partial charge in [0.1, 0.15) is 5.69 Å². The Labute approximate surface area is 137 Å². The van der Waals surface area contributed by atoms with E-state index in [1.54, 1.807) is 17.0 Å². The van der Waals surface area contributed by atoms with Crippen LogP contribution in [0.2, 0.25) is 0 Å². The average molecular weight is 357 g/mol. The summed E-state index contributed by atoms with van der Waals surface area (Å²) in [5, 5.41) is 11.5. The predicted molar refractivity (Wildman–Crippen MR) is 89.9 cm³/mol. The maximum absolute atomic E-state index is 11.5. The maximum atomic E-state index is 11.5. The van der Waals surface area contributed by atoms with Crippen molar-refractivity contribution in [2.24, 2.45) is 5.92 Å². The van der Waals surface area contributed by atoms with Crippen molar-refractivity contribution >= 4 is 27.3 Å². The third-order valence-electron chi connectivity index (χ3n) is 3.73.